The maximum atomic E-state index is 4.87. The largest absolute Gasteiger partial charge is 0.356 e. The minimum Gasteiger partial charge on any atom is -0.356 e. The first kappa shape index (κ1) is 24.3. The van der Waals surface area contributed by atoms with Crippen molar-refractivity contribution in [3.63, 3.8) is 0 Å². The minimum atomic E-state index is 0. The van der Waals surface area contributed by atoms with Gasteiger partial charge in [-0.1, -0.05) is 36.8 Å². The van der Waals surface area contributed by atoms with Crippen molar-refractivity contribution in [3.8, 4) is 0 Å². The lowest BCUT2D eigenvalue weighted by Crippen LogP contribution is -2.30. The lowest BCUT2D eigenvalue weighted by molar-refractivity contribution is 0.220. The zero-order valence-corrected chi connectivity index (χ0v) is 20.4. The van der Waals surface area contributed by atoms with Crippen LogP contribution in [0.4, 0.5) is 5.82 Å². The van der Waals surface area contributed by atoms with Crippen molar-refractivity contribution in [2.45, 2.75) is 38.8 Å². The van der Waals surface area contributed by atoms with Crippen LogP contribution >= 0.6 is 24.8 Å². The Kier molecular flexibility index (Phi) is 8.25. The second-order valence-electron chi connectivity index (χ2n) is 9.43. The number of rotatable bonds is 4. The molecule has 4 heterocycles. The Morgan fingerprint density at radius 3 is 2.42 bits per heavy atom. The highest BCUT2D eigenvalue weighted by molar-refractivity contribution is 5.85. The molecule has 3 aliphatic rings. The fourth-order valence-electron chi connectivity index (χ4n) is 5.90. The van der Waals surface area contributed by atoms with Gasteiger partial charge in [-0.15, -0.1) is 24.8 Å². The van der Waals surface area contributed by atoms with Gasteiger partial charge in [0, 0.05) is 44.3 Å². The first-order chi connectivity index (χ1) is 14.2. The third kappa shape index (κ3) is 5.03. The average Bonchev–Trinajstić information content (AvgIpc) is 3.27. The van der Waals surface area contributed by atoms with E-state index >= 15 is 0 Å². The van der Waals surface area contributed by atoms with Gasteiger partial charge in [0.1, 0.15) is 5.82 Å². The molecule has 3 saturated heterocycles. The molecule has 31 heavy (non-hydrogen) atoms. The van der Waals surface area contributed by atoms with Crippen molar-refractivity contribution >= 4 is 30.6 Å². The summed E-state index contributed by atoms with van der Waals surface area (Å²) in [6.07, 6.45) is 6.20. The summed E-state index contributed by atoms with van der Waals surface area (Å²) in [5, 5.41) is 0. The lowest BCUT2D eigenvalue weighted by atomic mass is 9.88. The third-order valence-electron chi connectivity index (χ3n) is 7.39. The Morgan fingerprint density at radius 2 is 1.71 bits per heavy atom. The number of halogens is 2. The number of anilines is 1. The van der Waals surface area contributed by atoms with E-state index in [2.05, 4.69) is 71.3 Å². The molecule has 3 fully saturated rings. The number of hydrogen-bond acceptors (Lipinski definition) is 4. The molecular weight excluding hydrogens is 427 g/mol. The van der Waals surface area contributed by atoms with Crippen LogP contribution in [0.1, 0.15) is 42.0 Å². The van der Waals surface area contributed by atoms with E-state index in [1.807, 2.05) is 0 Å². The molecule has 3 aliphatic heterocycles. The summed E-state index contributed by atoms with van der Waals surface area (Å²) in [4.78, 5) is 12.5. The van der Waals surface area contributed by atoms with E-state index < -0.39 is 0 Å². The smallest absolute Gasteiger partial charge is 0.128 e. The molecule has 0 N–H and O–H groups in total. The van der Waals surface area contributed by atoms with E-state index in [9.17, 15) is 0 Å². The van der Waals surface area contributed by atoms with Crippen molar-refractivity contribution in [2.24, 2.45) is 11.8 Å². The lowest BCUT2D eigenvalue weighted by Gasteiger charge is -2.28. The number of hydrogen-bond donors (Lipinski definition) is 0. The van der Waals surface area contributed by atoms with Crippen LogP contribution in [0.3, 0.4) is 0 Å². The summed E-state index contributed by atoms with van der Waals surface area (Å²) in [5.41, 5.74) is 4.28. The molecule has 3 atom stereocenters. The van der Waals surface area contributed by atoms with Crippen LogP contribution < -0.4 is 4.90 Å². The second-order valence-corrected chi connectivity index (χ2v) is 9.43. The summed E-state index contributed by atoms with van der Waals surface area (Å²) in [5.74, 6) is 2.59. The first-order valence-electron chi connectivity index (χ1n) is 11.4. The molecule has 1 aromatic heterocycles. The number of aromatic nitrogens is 1. The van der Waals surface area contributed by atoms with Gasteiger partial charge in [0.2, 0.25) is 0 Å². The highest BCUT2D eigenvalue weighted by atomic mass is 35.5. The summed E-state index contributed by atoms with van der Waals surface area (Å²) in [7, 11) is 2.30. The van der Waals surface area contributed by atoms with Gasteiger partial charge in [-0.25, -0.2) is 4.98 Å². The van der Waals surface area contributed by atoms with Gasteiger partial charge in [0.15, 0.2) is 0 Å². The zero-order valence-electron chi connectivity index (χ0n) is 18.7. The molecule has 0 bridgehead atoms. The molecule has 6 heteroatoms. The van der Waals surface area contributed by atoms with Crippen molar-refractivity contribution < 1.29 is 0 Å². The quantitative estimate of drug-likeness (QED) is 0.640. The Morgan fingerprint density at radius 1 is 0.935 bits per heavy atom. The first-order valence-corrected chi connectivity index (χ1v) is 11.4. The predicted molar refractivity (Wildman–Crippen MR) is 134 cm³/mol. The molecule has 0 saturated carbocycles. The number of aryl methyl sites for hydroxylation is 1. The number of nitrogens with zero attached hydrogens (tertiary/aromatic N) is 4. The van der Waals surface area contributed by atoms with E-state index in [0.29, 0.717) is 12.0 Å². The number of benzene rings is 1. The molecule has 0 unspecified atom stereocenters. The fraction of sp³-hybridized carbons (Fsp3) is 0.560. The van der Waals surface area contributed by atoms with Crippen molar-refractivity contribution in [1.29, 1.82) is 0 Å². The van der Waals surface area contributed by atoms with E-state index in [4.69, 9.17) is 4.98 Å². The second kappa shape index (κ2) is 10.5. The molecule has 1 aromatic carbocycles. The summed E-state index contributed by atoms with van der Waals surface area (Å²) < 4.78 is 0. The molecule has 4 nitrogen and oxygen atoms in total. The van der Waals surface area contributed by atoms with Crippen LogP contribution in [0.5, 0.6) is 0 Å². The Balaban J connectivity index is 0.00000136. The standard InChI is InChI=1S/C25H34N4.2ClH/c1-19-8-4-5-9-22(19)25-23-18-29(17-21(23)16-27(25)2)24-11-10-20(14-26-24)15-28-12-6-3-7-13-28;;/h4-5,8-11,14,21,23,25H,3,6-7,12-13,15-18H2,1-2H3;2*1H/t21-,23+,25-;;/m0../s1. The van der Waals surface area contributed by atoms with E-state index in [0.717, 1.165) is 31.4 Å². The molecule has 0 aliphatic carbocycles. The van der Waals surface area contributed by atoms with Crippen LogP contribution in [0.2, 0.25) is 0 Å². The Hall–Kier alpha value is -1.33. The average molecular weight is 463 g/mol. The third-order valence-corrected chi connectivity index (χ3v) is 7.39. The van der Waals surface area contributed by atoms with Gasteiger partial charge in [-0.2, -0.15) is 0 Å². The fourth-order valence-corrected chi connectivity index (χ4v) is 5.90. The van der Waals surface area contributed by atoms with Gasteiger partial charge in [-0.3, -0.25) is 9.80 Å². The summed E-state index contributed by atoms with van der Waals surface area (Å²) >= 11 is 0. The van der Waals surface area contributed by atoms with Gasteiger partial charge in [0.25, 0.3) is 0 Å². The van der Waals surface area contributed by atoms with Crippen LogP contribution in [0.25, 0.3) is 0 Å². The maximum Gasteiger partial charge on any atom is 0.128 e. The van der Waals surface area contributed by atoms with Gasteiger partial charge >= 0.3 is 0 Å². The number of fused-ring (bicyclic) bond motifs is 1. The number of likely N-dealkylation sites (tertiary alicyclic amines) is 2. The van der Waals surface area contributed by atoms with Crippen molar-refractivity contribution in [1.82, 2.24) is 14.8 Å². The predicted octanol–water partition coefficient (Wildman–Crippen LogP) is 4.96. The van der Waals surface area contributed by atoms with E-state index in [-0.39, 0.29) is 24.8 Å². The van der Waals surface area contributed by atoms with Crippen LogP contribution in [0.15, 0.2) is 42.6 Å². The van der Waals surface area contributed by atoms with Crippen molar-refractivity contribution in [3.05, 3.63) is 59.3 Å². The highest BCUT2D eigenvalue weighted by Crippen LogP contribution is 2.45. The SMILES string of the molecule is Cc1ccccc1[C@H]1[C@@H]2CN(c3ccc(CN4CCCCC4)cn3)C[C@@H]2CN1C.Cl.Cl. The topological polar surface area (TPSA) is 22.6 Å². The van der Waals surface area contributed by atoms with Crippen LogP contribution in [0, 0.1) is 18.8 Å². The van der Waals surface area contributed by atoms with Crippen molar-refractivity contribution in [2.75, 3.05) is 44.7 Å². The molecule has 0 radical (unpaired) electrons. The molecule has 0 amide bonds. The molecule has 5 rings (SSSR count). The minimum absolute atomic E-state index is 0. The van der Waals surface area contributed by atoms with E-state index in [1.54, 1.807) is 0 Å². The van der Waals surface area contributed by atoms with Crippen LogP contribution in [-0.2, 0) is 6.54 Å². The molecule has 2 aromatic rings. The highest BCUT2D eigenvalue weighted by Gasteiger charge is 2.46. The number of pyridine rings is 1. The van der Waals surface area contributed by atoms with Crippen LogP contribution in [-0.4, -0.2) is 54.6 Å². The molecule has 0 spiro atoms. The number of piperidine rings is 1. The van der Waals surface area contributed by atoms with Gasteiger partial charge in [0.05, 0.1) is 0 Å². The maximum absolute atomic E-state index is 4.87. The van der Waals surface area contributed by atoms with Gasteiger partial charge in [-0.05, 0) is 68.6 Å². The normalized spacial score (nSPS) is 26.3. The van der Waals surface area contributed by atoms with Gasteiger partial charge < -0.3 is 4.90 Å². The summed E-state index contributed by atoms with van der Waals surface area (Å²) in [6, 6.07) is 14.0. The summed E-state index contributed by atoms with van der Waals surface area (Å²) in [6.45, 7) is 9.23. The monoisotopic (exact) mass is 462 g/mol. The Labute approximate surface area is 199 Å². The van der Waals surface area contributed by atoms with E-state index in [1.165, 1.54) is 55.6 Å². The zero-order chi connectivity index (χ0) is 19.8. The molecular formula is C25H36Cl2N4. The molecule has 170 valence electrons. The Bertz CT molecular complexity index is 838.